The standard InChI is InChI=1S/C17H18ClN3/c1-13(14-6-2-3-7-15(14)18)19-10-11-21-12-20-16-8-4-5-9-17(16)21/h2-9,12-13,19H,10-11H2,1H3. The van der Waals surface area contributed by atoms with Crippen molar-refractivity contribution in [2.24, 2.45) is 0 Å². The molecule has 0 spiro atoms. The molecule has 1 unspecified atom stereocenters. The van der Waals surface area contributed by atoms with Crippen molar-refractivity contribution in [2.75, 3.05) is 6.54 Å². The van der Waals surface area contributed by atoms with Gasteiger partial charge in [-0.2, -0.15) is 0 Å². The van der Waals surface area contributed by atoms with Gasteiger partial charge in [-0.05, 0) is 30.7 Å². The normalized spacial score (nSPS) is 12.7. The SMILES string of the molecule is CC(NCCn1cnc2ccccc21)c1ccccc1Cl. The molecule has 108 valence electrons. The summed E-state index contributed by atoms with van der Waals surface area (Å²) in [6.45, 7) is 3.88. The smallest absolute Gasteiger partial charge is 0.0958 e. The number of rotatable bonds is 5. The summed E-state index contributed by atoms with van der Waals surface area (Å²) in [5.74, 6) is 0. The molecule has 0 aliphatic heterocycles. The summed E-state index contributed by atoms with van der Waals surface area (Å²) in [7, 11) is 0. The molecule has 0 saturated heterocycles. The van der Waals surface area contributed by atoms with Crippen molar-refractivity contribution in [3.8, 4) is 0 Å². The fourth-order valence-corrected chi connectivity index (χ4v) is 2.83. The predicted molar refractivity (Wildman–Crippen MR) is 87.6 cm³/mol. The molecule has 0 aliphatic rings. The summed E-state index contributed by atoms with van der Waals surface area (Å²) >= 11 is 6.22. The number of nitrogens with one attached hydrogen (secondary N) is 1. The third kappa shape index (κ3) is 3.09. The average molecular weight is 300 g/mol. The van der Waals surface area contributed by atoms with Gasteiger partial charge in [-0.25, -0.2) is 4.98 Å². The number of aromatic nitrogens is 2. The van der Waals surface area contributed by atoms with E-state index in [0.29, 0.717) is 0 Å². The lowest BCUT2D eigenvalue weighted by Gasteiger charge is -2.16. The third-order valence-electron chi connectivity index (χ3n) is 3.70. The zero-order valence-corrected chi connectivity index (χ0v) is 12.7. The molecule has 0 bridgehead atoms. The van der Waals surface area contributed by atoms with Crippen LogP contribution >= 0.6 is 11.6 Å². The van der Waals surface area contributed by atoms with Crippen LogP contribution in [-0.2, 0) is 6.54 Å². The maximum absolute atomic E-state index is 6.22. The first-order valence-corrected chi connectivity index (χ1v) is 7.51. The van der Waals surface area contributed by atoms with Gasteiger partial charge in [-0.3, -0.25) is 0 Å². The molecule has 1 heterocycles. The van der Waals surface area contributed by atoms with Crippen LogP contribution < -0.4 is 5.32 Å². The van der Waals surface area contributed by atoms with E-state index in [1.165, 1.54) is 5.52 Å². The molecular weight excluding hydrogens is 282 g/mol. The van der Waals surface area contributed by atoms with Gasteiger partial charge in [-0.1, -0.05) is 41.9 Å². The summed E-state index contributed by atoms with van der Waals surface area (Å²) in [4.78, 5) is 4.40. The zero-order chi connectivity index (χ0) is 14.7. The van der Waals surface area contributed by atoms with E-state index in [1.807, 2.05) is 42.7 Å². The first kappa shape index (κ1) is 14.1. The number of para-hydroxylation sites is 2. The number of hydrogen-bond donors (Lipinski definition) is 1. The van der Waals surface area contributed by atoms with Crippen LogP contribution in [0, 0.1) is 0 Å². The number of benzene rings is 2. The molecule has 1 aromatic heterocycles. The maximum Gasteiger partial charge on any atom is 0.0958 e. The molecule has 3 rings (SSSR count). The van der Waals surface area contributed by atoms with E-state index < -0.39 is 0 Å². The van der Waals surface area contributed by atoms with Gasteiger partial charge in [0.25, 0.3) is 0 Å². The summed E-state index contributed by atoms with van der Waals surface area (Å²) in [6, 6.07) is 16.4. The molecule has 1 atom stereocenters. The van der Waals surface area contributed by atoms with Crippen molar-refractivity contribution in [1.29, 1.82) is 0 Å². The first-order valence-electron chi connectivity index (χ1n) is 7.13. The molecule has 0 amide bonds. The van der Waals surface area contributed by atoms with Crippen molar-refractivity contribution in [3.63, 3.8) is 0 Å². The quantitative estimate of drug-likeness (QED) is 0.770. The van der Waals surface area contributed by atoms with Crippen LogP contribution in [0.15, 0.2) is 54.9 Å². The monoisotopic (exact) mass is 299 g/mol. The Balaban J connectivity index is 1.62. The molecule has 0 fully saturated rings. The second-order valence-electron chi connectivity index (χ2n) is 5.12. The van der Waals surface area contributed by atoms with Gasteiger partial charge in [0, 0.05) is 24.2 Å². The Morgan fingerprint density at radius 2 is 1.90 bits per heavy atom. The second kappa shape index (κ2) is 6.29. The van der Waals surface area contributed by atoms with Crippen molar-refractivity contribution >= 4 is 22.6 Å². The van der Waals surface area contributed by atoms with Gasteiger partial charge in [0.2, 0.25) is 0 Å². The van der Waals surface area contributed by atoms with E-state index in [4.69, 9.17) is 11.6 Å². The zero-order valence-electron chi connectivity index (χ0n) is 12.0. The Bertz CT molecular complexity index is 735. The first-order chi connectivity index (χ1) is 10.3. The Morgan fingerprint density at radius 3 is 2.76 bits per heavy atom. The molecule has 0 aliphatic carbocycles. The predicted octanol–water partition coefficient (Wildman–Crippen LogP) is 4.04. The van der Waals surface area contributed by atoms with Crippen molar-refractivity contribution in [1.82, 2.24) is 14.9 Å². The fraction of sp³-hybridized carbons (Fsp3) is 0.235. The molecule has 3 nitrogen and oxygen atoms in total. The van der Waals surface area contributed by atoms with Gasteiger partial charge in [-0.15, -0.1) is 0 Å². The topological polar surface area (TPSA) is 29.9 Å². The Kier molecular flexibility index (Phi) is 4.23. The Morgan fingerprint density at radius 1 is 1.14 bits per heavy atom. The minimum Gasteiger partial charge on any atom is -0.329 e. The van der Waals surface area contributed by atoms with Crippen LogP contribution in [0.2, 0.25) is 5.02 Å². The van der Waals surface area contributed by atoms with E-state index in [2.05, 4.69) is 33.9 Å². The van der Waals surface area contributed by atoms with E-state index in [-0.39, 0.29) is 6.04 Å². The third-order valence-corrected chi connectivity index (χ3v) is 4.05. The van der Waals surface area contributed by atoms with E-state index in [9.17, 15) is 0 Å². The maximum atomic E-state index is 6.22. The lowest BCUT2D eigenvalue weighted by molar-refractivity contribution is 0.536. The van der Waals surface area contributed by atoms with Gasteiger partial charge >= 0.3 is 0 Å². The highest BCUT2D eigenvalue weighted by Gasteiger charge is 2.08. The molecule has 0 radical (unpaired) electrons. The van der Waals surface area contributed by atoms with Crippen LogP contribution in [0.5, 0.6) is 0 Å². The molecule has 3 aromatic rings. The number of halogens is 1. The largest absolute Gasteiger partial charge is 0.329 e. The number of imidazole rings is 1. The van der Waals surface area contributed by atoms with Gasteiger partial charge in [0.15, 0.2) is 0 Å². The molecular formula is C17H18ClN3. The van der Waals surface area contributed by atoms with Crippen molar-refractivity contribution in [2.45, 2.75) is 19.5 Å². The average Bonchev–Trinajstić information content (AvgIpc) is 2.91. The molecule has 4 heteroatoms. The summed E-state index contributed by atoms with van der Waals surface area (Å²) in [5, 5.41) is 4.32. The number of nitrogens with zero attached hydrogens (tertiary/aromatic N) is 2. The van der Waals surface area contributed by atoms with Gasteiger partial charge < -0.3 is 9.88 Å². The highest BCUT2D eigenvalue weighted by atomic mass is 35.5. The van der Waals surface area contributed by atoms with Crippen molar-refractivity contribution in [3.05, 3.63) is 65.4 Å². The minimum atomic E-state index is 0.230. The highest BCUT2D eigenvalue weighted by Crippen LogP contribution is 2.22. The number of hydrogen-bond acceptors (Lipinski definition) is 2. The summed E-state index contributed by atoms with van der Waals surface area (Å²) in [5.41, 5.74) is 3.34. The van der Waals surface area contributed by atoms with Crippen LogP contribution in [0.25, 0.3) is 11.0 Å². The second-order valence-corrected chi connectivity index (χ2v) is 5.53. The molecule has 21 heavy (non-hydrogen) atoms. The summed E-state index contributed by atoms with van der Waals surface area (Å²) in [6.07, 6.45) is 1.90. The van der Waals surface area contributed by atoms with E-state index >= 15 is 0 Å². The van der Waals surface area contributed by atoms with Crippen LogP contribution in [0.1, 0.15) is 18.5 Å². The highest BCUT2D eigenvalue weighted by molar-refractivity contribution is 6.31. The van der Waals surface area contributed by atoms with Crippen molar-refractivity contribution < 1.29 is 0 Å². The van der Waals surface area contributed by atoms with E-state index in [1.54, 1.807) is 0 Å². The fourth-order valence-electron chi connectivity index (χ4n) is 2.53. The van der Waals surface area contributed by atoms with Gasteiger partial charge in [0.1, 0.15) is 0 Å². The Hall–Kier alpha value is -1.84. The van der Waals surface area contributed by atoms with Crippen LogP contribution in [-0.4, -0.2) is 16.1 Å². The lowest BCUT2D eigenvalue weighted by atomic mass is 10.1. The summed E-state index contributed by atoms with van der Waals surface area (Å²) < 4.78 is 2.17. The minimum absolute atomic E-state index is 0.230. The number of fused-ring (bicyclic) bond motifs is 1. The van der Waals surface area contributed by atoms with Crippen LogP contribution in [0.4, 0.5) is 0 Å². The van der Waals surface area contributed by atoms with E-state index in [0.717, 1.165) is 29.2 Å². The lowest BCUT2D eigenvalue weighted by Crippen LogP contribution is -2.23. The van der Waals surface area contributed by atoms with Gasteiger partial charge in [0.05, 0.1) is 17.4 Å². The Labute approximate surface area is 129 Å². The molecule has 2 aromatic carbocycles. The molecule has 0 saturated carbocycles. The molecule has 1 N–H and O–H groups in total. The van der Waals surface area contributed by atoms with Crippen LogP contribution in [0.3, 0.4) is 0 Å².